The van der Waals surface area contributed by atoms with Crippen LogP contribution in [0.2, 0.25) is 0 Å². The number of hydrogen-bond donors (Lipinski definition) is 1. The molecule has 2 saturated heterocycles. The minimum atomic E-state index is -2.92. The molecular formula is C15H28N2O3S. The molecule has 0 aromatic carbocycles. The van der Waals surface area contributed by atoms with Crippen molar-refractivity contribution in [3.63, 3.8) is 0 Å². The molecule has 122 valence electrons. The number of rotatable bonds is 3. The molecule has 2 fully saturated rings. The summed E-state index contributed by atoms with van der Waals surface area (Å²) in [5, 5.41) is 3.11. The monoisotopic (exact) mass is 316 g/mol. The van der Waals surface area contributed by atoms with Crippen molar-refractivity contribution >= 4 is 15.7 Å². The molecule has 6 heteroatoms. The highest BCUT2D eigenvalue weighted by atomic mass is 32.2. The van der Waals surface area contributed by atoms with Crippen molar-refractivity contribution in [2.45, 2.75) is 57.5 Å². The number of nitrogens with one attached hydrogen (secondary N) is 1. The van der Waals surface area contributed by atoms with Crippen LogP contribution in [0.3, 0.4) is 0 Å². The molecule has 21 heavy (non-hydrogen) atoms. The Labute approximate surface area is 128 Å². The fraction of sp³-hybridized carbons (Fsp3) is 0.933. The van der Waals surface area contributed by atoms with Gasteiger partial charge >= 0.3 is 0 Å². The van der Waals surface area contributed by atoms with Gasteiger partial charge in [-0.1, -0.05) is 0 Å². The van der Waals surface area contributed by atoms with E-state index in [1.165, 1.54) is 0 Å². The first kappa shape index (κ1) is 16.7. The van der Waals surface area contributed by atoms with Gasteiger partial charge in [-0.05, 0) is 58.9 Å². The van der Waals surface area contributed by atoms with E-state index in [0.29, 0.717) is 12.3 Å². The van der Waals surface area contributed by atoms with Crippen LogP contribution < -0.4 is 5.32 Å². The van der Waals surface area contributed by atoms with E-state index < -0.39 is 9.84 Å². The van der Waals surface area contributed by atoms with Gasteiger partial charge in [-0.2, -0.15) is 0 Å². The summed E-state index contributed by atoms with van der Waals surface area (Å²) in [6.07, 6.45) is 4.48. The van der Waals surface area contributed by atoms with Gasteiger partial charge in [0, 0.05) is 12.1 Å². The minimum absolute atomic E-state index is 0.0857. The first-order valence-electron chi connectivity index (χ1n) is 7.94. The van der Waals surface area contributed by atoms with Gasteiger partial charge in [0.05, 0.1) is 17.5 Å². The van der Waals surface area contributed by atoms with Gasteiger partial charge in [0.2, 0.25) is 5.91 Å². The maximum absolute atomic E-state index is 12.7. The van der Waals surface area contributed by atoms with Gasteiger partial charge in [-0.15, -0.1) is 0 Å². The van der Waals surface area contributed by atoms with Crippen LogP contribution in [0.1, 0.15) is 46.0 Å². The summed E-state index contributed by atoms with van der Waals surface area (Å²) in [6, 6.07) is -0.132. The Morgan fingerprint density at radius 1 is 1.29 bits per heavy atom. The third-order valence-electron chi connectivity index (χ3n) is 4.92. The molecule has 0 saturated carbocycles. The van der Waals surface area contributed by atoms with Crippen molar-refractivity contribution in [3.05, 3.63) is 0 Å². The van der Waals surface area contributed by atoms with E-state index in [-0.39, 0.29) is 29.2 Å². The number of likely N-dealkylation sites (N-methyl/N-ethyl adjacent to an activating group) is 1. The third-order valence-corrected chi connectivity index (χ3v) is 6.81. The lowest BCUT2D eigenvalue weighted by Crippen LogP contribution is -2.54. The van der Waals surface area contributed by atoms with Crippen molar-refractivity contribution in [2.24, 2.45) is 5.92 Å². The summed E-state index contributed by atoms with van der Waals surface area (Å²) in [4.78, 5) is 14.7. The maximum Gasteiger partial charge on any atom is 0.240 e. The summed E-state index contributed by atoms with van der Waals surface area (Å²) >= 11 is 0. The topological polar surface area (TPSA) is 66.5 Å². The maximum atomic E-state index is 12.7. The van der Waals surface area contributed by atoms with Crippen LogP contribution in [0.25, 0.3) is 0 Å². The molecule has 2 unspecified atom stereocenters. The Bertz CT molecular complexity index is 487. The minimum Gasteiger partial charge on any atom is -0.336 e. The second-order valence-corrected chi connectivity index (χ2v) is 9.35. The van der Waals surface area contributed by atoms with Crippen molar-refractivity contribution in [3.8, 4) is 0 Å². The van der Waals surface area contributed by atoms with E-state index in [1.807, 2.05) is 11.9 Å². The van der Waals surface area contributed by atoms with Crippen LogP contribution in [0.4, 0.5) is 0 Å². The lowest BCUT2D eigenvalue weighted by atomic mass is 9.94. The molecule has 0 radical (unpaired) electrons. The van der Waals surface area contributed by atoms with Crippen LogP contribution >= 0.6 is 0 Å². The lowest BCUT2D eigenvalue weighted by molar-refractivity contribution is -0.138. The SMILES string of the molecule is CNC1CCCC(C)(C)N(CC2CCCS(=O)(=O)C2)C1=O. The summed E-state index contributed by atoms with van der Waals surface area (Å²) < 4.78 is 23.6. The zero-order chi connectivity index (χ0) is 15.7. The molecule has 0 aromatic heterocycles. The average molecular weight is 316 g/mol. The highest BCUT2D eigenvalue weighted by molar-refractivity contribution is 7.91. The number of carbonyl (C=O) groups is 1. The molecule has 0 bridgehead atoms. The first-order chi connectivity index (χ1) is 9.75. The Kier molecular flexibility index (Phi) is 4.98. The van der Waals surface area contributed by atoms with Crippen LogP contribution in [-0.4, -0.2) is 55.9 Å². The number of amides is 1. The Hall–Kier alpha value is -0.620. The smallest absolute Gasteiger partial charge is 0.240 e. The number of sulfone groups is 1. The number of nitrogens with zero attached hydrogens (tertiary/aromatic N) is 1. The predicted molar refractivity (Wildman–Crippen MR) is 83.9 cm³/mol. The zero-order valence-electron chi connectivity index (χ0n) is 13.4. The van der Waals surface area contributed by atoms with Gasteiger partial charge in [0.1, 0.15) is 0 Å². The molecule has 2 atom stereocenters. The molecule has 1 N–H and O–H groups in total. The summed E-state index contributed by atoms with van der Waals surface area (Å²) in [6.45, 7) is 4.77. The van der Waals surface area contributed by atoms with Crippen LogP contribution in [0.5, 0.6) is 0 Å². The highest BCUT2D eigenvalue weighted by Gasteiger charge is 2.39. The first-order valence-corrected chi connectivity index (χ1v) is 9.76. The normalized spacial score (nSPS) is 32.7. The highest BCUT2D eigenvalue weighted by Crippen LogP contribution is 2.30. The molecular weight excluding hydrogens is 288 g/mol. The number of carbonyl (C=O) groups excluding carboxylic acids is 1. The summed E-state index contributed by atoms with van der Waals surface area (Å²) in [7, 11) is -1.10. The van der Waals surface area contributed by atoms with E-state index in [2.05, 4.69) is 19.2 Å². The van der Waals surface area contributed by atoms with Crippen LogP contribution in [0, 0.1) is 5.92 Å². The molecule has 2 rings (SSSR count). The molecule has 2 aliphatic rings. The largest absolute Gasteiger partial charge is 0.336 e. The van der Waals surface area contributed by atoms with Gasteiger partial charge in [0.15, 0.2) is 9.84 Å². The molecule has 0 spiro atoms. The fourth-order valence-corrected chi connectivity index (χ4v) is 5.37. The average Bonchev–Trinajstić information content (AvgIpc) is 2.48. The predicted octanol–water partition coefficient (Wildman–Crippen LogP) is 1.19. The Morgan fingerprint density at radius 3 is 2.62 bits per heavy atom. The lowest BCUT2D eigenvalue weighted by Gasteiger charge is -2.41. The van der Waals surface area contributed by atoms with E-state index in [4.69, 9.17) is 0 Å². The quantitative estimate of drug-likeness (QED) is 0.849. The van der Waals surface area contributed by atoms with Gasteiger partial charge < -0.3 is 10.2 Å². The summed E-state index contributed by atoms with van der Waals surface area (Å²) in [5.41, 5.74) is -0.191. The van der Waals surface area contributed by atoms with Crippen LogP contribution in [0.15, 0.2) is 0 Å². The second-order valence-electron chi connectivity index (χ2n) is 7.12. The summed E-state index contributed by atoms with van der Waals surface area (Å²) in [5.74, 6) is 0.752. The number of hydrogen-bond acceptors (Lipinski definition) is 4. The van der Waals surface area contributed by atoms with Crippen molar-refractivity contribution in [1.29, 1.82) is 0 Å². The van der Waals surface area contributed by atoms with Gasteiger partial charge in [-0.3, -0.25) is 4.79 Å². The van der Waals surface area contributed by atoms with E-state index in [1.54, 1.807) is 0 Å². The van der Waals surface area contributed by atoms with E-state index in [9.17, 15) is 13.2 Å². The Balaban J connectivity index is 2.15. The third kappa shape index (κ3) is 3.97. The van der Waals surface area contributed by atoms with Gasteiger partial charge in [0.25, 0.3) is 0 Å². The van der Waals surface area contributed by atoms with Crippen molar-refractivity contribution in [1.82, 2.24) is 10.2 Å². The molecule has 0 aromatic rings. The molecule has 5 nitrogen and oxygen atoms in total. The number of likely N-dealkylation sites (tertiary alicyclic amines) is 1. The van der Waals surface area contributed by atoms with E-state index in [0.717, 1.165) is 32.1 Å². The zero-order valence-corrected chi connectivity index (χ0v) is 14.2. The molecule has 1 amide bonds. The van der Waals surface area contributed by atoms with Crippen molar-refractivity contribution < 1.29 is 13.2 Å². The van der Waals surface area contributed by atoms with E-state index >= 15 is 0 Å². The van der Waals surface area contributed by atoms with Crippen molar-refractivity contribution in [2.75, 3.05) is 25.1 Å². The fourth-order valence-electron chi connectivity index (χ4n) is 3.61. The second kappa shape index (κ2) is 6.24. The van der Waals surface area contributed by atoms with Crippen LogP contribution in [-0.2, 0) is 14.6 Å². The van der Waals surface area contributed by atoms with Gasteiger partial charge in [-0.25, -0.2) is 8.42 Å². The molecule has 2 aliphatic heterocycles. The molecule has 2 heterocycles. The molecule has 0 aliphatic carbocycles. The standard InChI is InChI=1S/C15H28N2O3S/c1-15(2)8-4-7-13(16-3)14(18)17(15)10-12-6-5-9-21(19,20)11-12/h12-13,16H,4-11H2,1-3H3. The Morgan fingerprint density at radius 2 is 2.00 bits per heavy atom.